The molecule has 1 aromatic carbocycles. The standard InChI is InChI=1S/C15H19FO3/c1-15(2,16)12-10-14-13(18-7-4-8-19-14)9-11(12)5-3-6-17/h6,9-10H,3-5,7-8H2,1-2H3. The van der Waals surface area contributed by atoms with Crippen molar-refractivity contribution in [3.05, 3.63) is 23.3 Å². The number of halogens is 1. The van der Waals surface area contributed by atoms with Crippen LogP contribution in [-0.2, 0) is 16.9 Å². The van der Waals surface area contributed by atoms with Crippen LogP contribution >= 0.6 is 0 Å². The zero-order chi connectivity index (χ0) is 13.9. The van der Waals surface area contributed by atoms with Crippen LogP contribution in [0.5, 0.6) is 11.5 Å². The highest BCUT2D eigenvalue weighted by Crippen LogP contribution is 2.38. The molecule has 0 aliphatic carbocycles. The van der Waals surface area contributed by atoms with Crippen LogP contribution in [0.25, 0.3) is 0 Å². The Balaban J connectivity index is 2.44. The molecule has 0 N–H and O–H groups in total. The first-order valence-corrected chi connectivity index (χ1v) is 6.58. The van der Waals surface area contributed by atoms with Gasteiger partial charge in [0.25, 0.3) is 0 Å². The van der Waals surface area contributed by atoms with Crippen LogP contribution in [0.15, 0.2) is 12.1 Å². The largest absolute Gasteiger partial charge is 0.490 e. The zero-order valence-corrected chi connectivity index (χ0v) is 11.4. The maximum Gasteiger partial charge on any atom is 0.161 e. The van der Waals surface area contributed by atoms with Crippen molar-refractivity contribution in [3.8, 4) is 11.5 Å². The number of carbonyl (C=O) groups is 1. The van der Waals surface area contributed by atoms with Crippen LogP contribution in [0.3, 0.4) is 0 Å². The molecule has 1 aliphatic heterocycles. The smallest absolute Gasteiger partial charge is 0.161 e. The summed E-state index contributed by atoms with van der Waals surface area (Å²) in [4.78, 5) is 10.5. The molecule has 1 aromatic rings. The highest BCUT2D eigenvalue weighted by molar-refractivity contribution is 5.53. The molecular formula is C15H19FO3. The van der Waals surface area contributed by atoms with Crippen molar-refractivity contribution >= 4 is 6.29 Å². The summed E-state index contributed by atoms with van der Waals surface area (Å²) in [7, 11) is 0. The van der Waals surface area contributed by atoms with E-state index >= 15 is 0 Å². The van der Waals surface area contributed by atoms with E-state index < -0.39 is 5.67 Å². The lowest BCUT2D eigenvalue weighted by atomic mass is 9.91. The van der Waals surface area contributed by atoms with Gasteiger partial charge in [-0.15, -0.1) is 0 Å². The number of rotatable bonds is 4. The lowest BCUT2D eigenvalue weighted by Gasteiger charge is -2.21. The van der Waals surface area contributed by atoms with Crippen LogP contribution in [0.2, 0.25) is 0 Å². The summed E-state index contributed by atoms with van der Waals surface area (Å²) in [5.74, 6) is 1.24. The average molecular weight is 266 g/mol. The maximum atomic E-state index is 14.3. The minimum Gasteiger partial charge on any atom is -0.490 e. The van der Waals surface area contributed by atoms with E-state index in [0.29, 0.717) is 43.1 Å². The molecule has 1 aliphatic rings. The molecule has 2 rings (SSSR count). The van der Waals surface area contributed by atoms with E-state index in [-0.39, 0.29) is 0 Å². The van der Waals surface area contributed by atoms with Crippen molar-refractivity contribution in [2.24, 2.45) is 0 Å². The number of aryl methyl sites for hydroxylation is 1. The number of hydrogen-bond donors (Lipinski definition) is 0. The second kappa shape index (κ2) is 5.59. The molecule has 1 heterocycles. The van der Waals surface area contributed by atoms with E-state index in [0.717, 1.165) is 18.3 Å². The van der Waals surface area contributed by atoms with E-state index in [2.05, 4.69) is 0 Å². The molecule has 0 saturated carbocycles. The van der Waals surface area contributed by atoms with Gasteiger partial charge in [-0.1, -0.05) is 0 Å². The van der Waals surface area contributed by atoms with Gasteiger partial charge in [-0.05, 0) is 43.5 Å². The van der Waals surface area contributed by atoms with Gasteiger partial charge in [-0.25, -0.2) is 4.39 Å². The Bertz CT molecular complexity index is 463. The number of alkyl halides is 1. The quantitative estimate of drug-likeness (QED) is 0.785. The van der Waals surface area contributed by atoms with E-state index in [1.807, 2.05) is 0 Å². The molecule has 3 nitrogen and oxygen atoms in total. The minimum absolute atomic E-state index is 0.378. The van der Waals surface area contributed by atoms with Crippen molar-refractivity contribution < 1.29 is 18.7 Å². The molecule has 19 heavy (non-hydrogen) atoms. The van der Waals surface area contributed by atoms with Gasteiger partial charge in [0.2, 0.25) is 0 Å². The van der Waals surface area contributed by atoms with Crippen LogP contribution in [0, 0.1) is 0 Å². The average Bonchev–Trinajstić information content (AvgIpc) is 2.58. The summed E-state index contributed by atoms with van der Waals surface area (Å²) in [6.07, 6.45) is 2.55. The summed E-state index contributed by atoms with van der Waals surface area (Å²) in [5, 5.41) is 0. The first-order chi connectivity index (χ1) is 9.02. The predicted molar refractivity (Wildman–Crippen MR) is 70.6 cm³/mol. The minimum atomic E-state index is -1.47. The molecule has 0 aromatic heterocycles. The Labute approximate surface area is 112 Å². The third-order valence-corrected chi connectivity index (χ3v) is 3.15. The monoisotopic (exact) mass is 266 g/mol. The third kappa shape index (κ3) is 3.25. The van der Waals surface area contributed by atoms with Gasteiger partial charge in [-0.3, -0.25) is 0 Å². The van der Waals surface area contributed by atoms with Gasteiger partial charge >= 0.3 is 0 Å². The van der Waals surface area contributed by atoms with Crippen molar-refractivity contribution in [1.29, 1.82) is 0 Å². The Hall–Kier alpha value is -1.58. The first kappa shape index (κ1) is 13.8. The fourth-order valence-corrected chi connectivity index (χ4v) is 2.23. The van der Waals surface area contributed by atoms with Crippen LogP contribution in [-0.4, -0.2) is 19.5 Å². The number of hydrogen-bond acceptors (Lipinski definition) is 3. The SMILES string of the molecule is CC(C)(F)c1cc2c(cc1CCC=O)OCCCO2. The second-order valence-electron chi connectivity index (χ2n) is 5.18. The van der Waals surface area contributed by atoms with Gasteiger partial charge in [0, 0.05) is 12.8 Å². The molecule has 0 radical (unpaired) electrons. The molecule has 0 amide bonds. The fraction of sp³-hybridized carbons (Fsp3) is 0.533. The van der Waals surface area contributed by atoms with Crippen molar-refractivity contribution in [3.63, 3.8) is 0 Å². The molecule has 0 atom stereocenters. The zero-order valence-electron chi connectivity index (χ0n) is 11.4. The summed E-state index contributed by atoms with van der Waals surface area (Å²) >= 11 is 0. The normalized spacial score (nSPS) is 14.9. The summed E-state index contributed by atoms with van der Waals surface area (Å²) in [6, 6.07) is 3.52. The Morgan fingerprint density at radius 3 is 2.47 bits per heavy atom. The maximum absolute atomic E-state index is 14.3. The molecule has 0 bridgehead atoms. The van der Waals surface area contributed by atoms with Gasteiger partial charge in [0.05, 0.1) is 13.2 Å². The van der Waals surface area contributed by atoms with E-state index in [4.69, 9.17) is 9.47 Å². The van der Waals surface area contributed by atoms with Crippen LogP contribution in [0.1, 0.15) is 37.8 Å². The molecule has 0 unspecified atom stereocenters. The number of carbonyl (C=O) groups excluding carboxylic acids is 1. The van der Waals surface area contributed by atoms with Crippen LogP contribution in [0.4, 0.5) is 4.39 Å². The molecule has 104 valence electrons. The topological polar surface area (TPSA) is 35.5 Å². The molecule has 0 fully saturated rings. The van der Waals surface area contributed by atoms with Gasteiger partial charge in [-0.2, -0.15) is 0 Å². The molecule has 4 heteroatoms. The number of fused-ring (bicyclic) bond motifs is 1. The highest BCUT2D eigenvalue weighted by Gasteiger charge is 2.25. The Morgan fingerprint density at radius 1 is 1.26 bits per heavy atom. The lowest BCUT2D eigenvalue weighted by molar-refractivity contribution is -0.107. The van der Waals surface area contributed by atoms with Crippen molar-refractivity contribution in [1.82, 2.24) is 0 Å². The Morgan fingerprint density at radius 2 is 1.89 bits per heavy atom. The van der Waals surface area contributed by atoms with Gasteiger partial charge < -0.3 is 14.3 Å². The first-order valence-electron chi connectivity index (χ1n) is 6.58. The molecule has 0 spiro atoms. The van der Waals surface area contributed by atoms with E-state index in [1.54, 1.807) is 12.1 Å². The Kier molecular flexibility index (Phi) is 4.08. The van der Waals surface area contributed by atoms with E-state index in [9.17, 15) is 9.18 Å². The van der Waals surface area contributed by atoms with Gasteiger partial charge in [0.15, 0.2) is 11.5 Å². The van der Waals surface area contributed by atoms with E-state index in [1.165, 1.54) is 13.8 Å². The van der Waals surface area contributed by atoms with Crippen molar-refractivity contribution in [2.75, 3.05) is 13.2 Å². The number of ether oxygens (including phenoxy) is 2. The van der Waals surface area contributed by atoms with Gasteiger partial charge in [0.1, 0.15) is 12.0 Å². The van der Waals surface area contributed by atoms with Crippen molar-refractivity contribution in [2.45, 2.75) is 38.8 Å². The lowest BCUT2D eigenvalue weighted by Crippen LogP contribution is -2.13. The summed E-state index contributed by atoms with van der Waals surface area (Å²) < 4.78 is 25.5. The molecule has 0 saturated heterocycles. The highest BCUT2D eigenvalue weighted by atomic mass is 19.1. The fourth-order valence-electron chi connectivity index (χ4n) is 2.23. The van der Waals surface area contributed by atoms with Crippen LogP contribution < -0.4 is 9.47 Å². The summed E-state index contributed by atoms with van der Waals surface area (Å²) in [5.41, 5.74) is -0.0921. The molecular weight excluding hydrogens is 247 g/mol. The third-order valence-electron chi connectivity index (χ3n) is 3.15. The second-order valence-corrected chi connectivity index (χ2v) is 5.18. The number of aldehydes is 1. The predicted octanol–water partition coefficient (Wildman–Crippen LogP) is 3.18. The summed E-state index contributed by atoms with van der Waals surface area (Å²) in [6.45, 7) is 4.19. The number of benzene rings is 1.